The van der Waals surface area contributed by atoms with E-state index >= 15 is 4.39 Å². The second-order valence-electron chi connectivity index (χ2n) is 7.30. The number of unbranched alkanes of at least 4 members (excludes halogenated alkanes) is 1. The molecule has 3 aromatic carbocycles. The number of rotatable bonds is 4. The first-order valence-corrected chi connectivity index (χ1v) is 9.96. The molecule has 144 valence electrons. The Morgan fingerprint density at radius 2 is 1.71 bits per heavy atom. The standard InChI is InChI=1S/C24H20ClF3/c1-2-3-4-14-5-8-17-15(11-14)6-9-18-19(17)13-22(27)23(24(18)28)16-7-10-20(25)21(26)12-16/h5,7-8,10-13H,2-4,6,9H2,1H3. The first-order valence-electron chi connectivity index (χ1n) is 9.58. The lowest BCUT2D eigenvalue weighted by atomic mass is 9.82. The molecule has 28 heavy (non-hydrogen) atoms. The summed E-state index contributed by atoms with van der Waals surface area (Å²) in [5, 5.41) is -0.0738. The van der Waals surface area contributed by atoms with Crippen LogP contribution in [0.5, 0.6) is 0 Å². The molecule has 0 bridgehead atoms. The van der Waals surface area contributed by atoms with Crippen molar-refractivity contribution in [1.29, 1.82) is 0 Å². The van der Waals surface area contributed by atoms with Crippen LogP contribution in [0.4, 0.5) is 13.2 Å². The van der Waals surface area contributed by atoms with Gasteiger partial charge in [0.05, 0.1) is 10.6 Å². The molecule has 3 aromatic rings. The number of halogens is 4. The van der Waals surface area contributed by atoms with Crippen molar-refractivity contribution < 1.29 is 13.2 Å². The normalized spacial score (nSPS) is 12.6. The molecule has 0 nitrogen and oxygen atoms in total. The summed E-state index contributed by atoms with van der Waals surface area (Å²) in [4.78, 5) is 0. The number of hydrogen-bond donors (Lipinski definition) is 0. The van der Waals surface area contributed by atoms with E-state index < -0.39 is 17.5 Å². The molecule has 4 rings (SSSR count). The van der Waals surface area contributed by atoms with Crippen molar-refractivity contribution >= 4 is 11.6 Å². The fourth-order valence-electron chi connectivity index (χ4n) is 3.97. The zero-order valence-electron chi connectivity index (χ0n) is 15.6. The summed E-state index contributed by atoms with van der Waals surface area (Å²) >= 11 is 5.70. The third kappa shape index (κ3) is 3.33. The van der Waals surface area contributed by atoms with Gasteiger partial charge in [-0.2, -0.15) is 0 Å². The van der Waals surface area contributed by atoms with Gasteiger partial charge >= 0.3 is 0 Å². The third-order valence-electron chi connectivity index (χ3n) is 5.45. The maximum Gasteiger partial charge on any atom is 0.142 e. The second kappa shape index (κ2) is 7.63. The van der Waals surface area contributed by atoms with E-state index in [1.165, 1.54) is 23.8 Å². The third-order valence-corrected chi connectivity index (χ3v) is 5.76. The molecule has 1 aliphatic carbocycles. The topological polar surface area (TPSA) is 0 Å². The fourth-order valence-corrected chi connectivity index (χ4v) is 4.09. The maximum atomic E-state index is 15.3. The van der Waals surface area contributed by atoms with Gasteiger partial charge in [0.1, 0.15) is 17.5 Å². The van der Waals surface area contributed by atoms with Crippen molar-refractivity contribution in [3.63, 3.8) is 0 Å². The Morgan fingerprint density at radius 3 is 2.46 bits per heavy atom. The molecular weight excluding hydrogens is 381 g/mol. The van der Waals surface area contributed by atoms with E-state index in [4.69, 9.17) is 11.6 Å². The Balaban J connectivity index is 1.81. The van der Waals surface area contributed by atoms with Crippen molar-refractivity contribution in [3.05, 3.63) is 81.6 Å². The van der Waals surface area contributed by atoms with Crippen molar-refractivity contribution in [1.82, 2.24) is 0 Å². The molecule has 0 N–H and O–H groups in total. The van der Waals surface area contributed by atoms with E-state index in [0.717, 1.165) is 36.5 Å². The zero-order valence-corrected chi connectivity index (χ0v) is 16.3. The molecule has 0 aromatic heterocycles. The van der Waals surface area contributed by atoms with E-state index in [1.54, 1.807) is 0 Å². The van der Waals surface area contributed by atoms with Crippen molar-refractivity contribution in [2.45, 2.75) is 39.0 Å². The quantitative estimate of drug-likeness (QED) is 0.424. The van der Waals surface area contributed by atoms with Crippen LogP contribution in [0.3, 0.4) is 0 Å². The lowest BCUT2D eigenvalue weighted by molar-refractivity contribution is 0.576. The summed E-state index contributed by atoms with van der Waals surface area (Å²) in [6.07, 6.45) is 4.47. The lowest BCUT2D eigenvalue weighted by Gasteiger charge is -2.23. The molecule has 0 radical (unpaired) electrons. The first kappa shape index (κ1) is 19.1. The van der Waals surface area contributed by atoms with Crippen LogP contribution in [0, 0.1) is 17.5 Å². The number of hydrogen-bond acceptors (Lipinski definition) is 0. The van der Waals surface area contributed by atoms with Crippen LogP contribution in [-0.2, 0) is 19.3 Å². The molecule has 0 heterocycles. The summed E-state index contributed by atoms with van der Waals surface area (Å²) < 4.78 is 44.0. The Bertz CT molecular complexity index is 1060. The summed E-state index contributed by atoms with van der Waals surface area (Å²) in [5.41, 5.74) is 4.31. The average molecular weight is 401 g/mol. The van der Waals surface area contributed by atoms with Crippen LogP contribution >= 0.6 is 11.6 Å². The molecule has 0 unspecified atom stereocenters. The summed E-state index contributed by atoms with van der Waals surface area (Å²) in [7, 11) is 0. The predicted molar refractivity (Wildman–Crippen MR) is 108 cm³/mol. The van der Waals surface area contributed by atoms with Gasteiger partial charge in [0.15, 0.2) is 0 Å². The zero-order chi connectivity index (χ0) is 19.8. The second-order valence-corrected chi connectivity index (χ2v) is 7.70. The van der Waals surface area contributed by atoms with Gasteiger partial charge in [0.2, 0.25) is 0 Å². The van der Waals surface area contributed by atoms with Gasteiger partial charge in [0, 0.05) is 0 Å². The minimum atomic E-state index is -0.694. The molecule has 0 aliphatic heterocycles. The van der Waals surface area contributed by atoms with Gasteiger partial charge in [-0.15, -0.1) is 0 Å². The predicted octanol–water partition coefficient (Wildman–Crippen LogP) is 7.53. The molecule has 0 fully saturated rings. The number of benzene rings is 3. The van der Waals surface area contributed by atoms with Gasteiger partial charge in [-0.05, 0) is 77.3 Å². The highest BCUT2D eigenvalue weighted by Crippen LogP contribution is 2.40. The van der Waals surface area contributed by atoms with Crippen LogP contribution in [0.1, 0.15) is 36.5 Å². The van der Waals surface area contributed by atoms with Gasteiger partial charge in [0.25, 0.3) is 0 Å². The first-order chi connectivity index (χ1) is 13.5. The van der Waals surface area contributed by atoms with E-state index in [1.807, 2.05) is 12.1 Å². The Morgan fingerprint density at radius 1 is 0.893 bits per heavy atom. The van der Waals surface area contributed by atoms with Gasteiger partial charge in [-0.1, -0.05) is 49.2 Å². The van der Waals surface area contributed by atoms with E-state index in [0.29, 0.717) is 24.0 Å². The van der Waals surface area contributed by atoms with Crippen LogP contribution in [0.15, 0.2) is 42.5 Å². The molecule has 0 saturated carbocycles. The summed E-state index contributed by atoms with van der Waals surface area (Å²) in [6, 6.07) is 11.4. The minimum Gasteiger partial charge on any atom is -0.206 e. The molecule has 4 heteroatoms. The van der Waals surface area contributed by atoms with Crippen molar-refractivity contribution in [2.75, 3.05) is 0 Å². The SMILES string of the molecule is CCCCc1ccc2c(c1)CCc1c-2cc(F)c(-c2ccc(Cl)c(F)c2)c1F. The van der Waals surface area contributed by atoms with Gasteiger partial charge in [-0.25, -0.2) is 13.2 Å². The smallest absolute Gasteiger partial charge is 0.142 e. The highest BCUT2D eigenvalue weighted by molar-refractivity contribution is 6.30. The van der Waals surface area contributed by atoms with Gasteiger partial charge < -0.3 is 0 Å². The molecule has 0 amide bonds. The van der Waals surface area contributed by atoms with Crippen LogP contribution in [0.25, 0.3) is 22.3 Å². The van der Waals surface area contributed by atoms with Gasteiger partial charge in [-0.3, -0.25) is 0 Å². The van der Waals surface area contributed by atoms with Crippen LogP contribution in [-0.4, -0.2) is 0 Å². The van der Waals surface area contributed by atoms with E-state index in [-0.39, 0.29) is 16.1 Å². The number of fused-ring (bicyclic) bond motifs is 3. The molecule has 0 atom stereocenters. The Hall–Kier alpha value is -2.26. The maximum absolute atomic E-state index is 15.3. The Kier molecular flexibility index (Phi) is 5.20. The van der Waals surface area contributed by atoms with Crippen LogP contribution in [0.2, 0.25) is 5.02 Å². The molecule has 0 spiro atoms. The monoisotopic (exact) mass is 400 g/mol. The van der Waals surface area contributed by atoms with Crippen molar-refractivity contribution in [3.8, 4) is 22.3 Å². The largest absolute Gasteiger partial charge is 0.206 e. The molecule has 1 aliphatic rings. The van der Waals surface area contributed by atoms with Crippen molar-refractivity contribution in [2.24, 2.45) is 0 Å². The highest BCUT2D eigenvalue weighted by atomic mass is 35.5. The average Bonchev–Trinajstić information content (AvgIpc) is 2.68. The Labute approximate surface area is 168 Å². The fraction of sp³-hybridized carbons (Fsp3) is 0.250. The number of aryl methyl sites for hydroxylation is 2. The molecular formula is C24H20ClF3. The van der Waals surface area contributed by atoms with E-state index in [2.05, 4.69) is 13.0 Å². The van der Waals surface area contributed by atoms with E-state index in [9.17, 15) is 8.78 Å². The highest BCUT2D eigenvalue weighted by Gasteiger charge is 2.25. The minimum absolute atomic E-state index is 0.0738. The lowest BCUT2D eigenvalue weighted by Crippen LogP contribution is -2.09. The summed E-state index contributed by atoms with van der Waals surface area (Å²) in [5.74, 6) is -2.00. The molecule has 0 saturated heterocycles. The summed E-state index contributed by atoms with van der Waals surface area (Å²) in [6.45, 7) is 2.16. The van der Waals surface area contributed by atoms with Crippen LogP contribution < -0.4 is 0 Å².